The molecule has 5 aromatic rings. The molecule has 6 heteroatoms. The first-order valence-corrected chi connectivity index (χ1v) is 9.69. The van der Waals surface area contributed by atoms with E-state index in [1.165, 1.54) is 0 Å². The number of esters is 1. The van der Waals surface area contributed by atoms with Gasteiger partial charge in [-0.15, -0.1) is 0 Å². The molecule has 0 bridgehead atoms. The lowest BCUT2D eigenvalue weighted by molar-refractivity contribution is 0.0472. The maximum Gasteiger partial charge on any atom is 0.338 e. The molecule has 0 aliphatic carbocycles. The Balaban J connectivity index is 0.000000166. The van der Waals surface area contributed by atoms with Gasteiger partial charge in [0.25, 0.3) is 0 Å². The predicted octanol–water partition coefficient (Wildman–Crippen LogP) is 5.39. The fraction of sp³-hybridized carbons (Fsp3) is 0.0400. The number of rotatable bonds is 4. The van der Waals surface area contributed by atoms with E-state index in [4.69, 9.17) is 9.84 Å². The van der Waals surface area contributed by atoms with Crippen molar-refractivity contribution in [2.45, 2.75) is 6.61 Å². The van der Waals surface area contributed by atoms with Crippen molar-refractivity contribution < 1.29 is 19.4 Å². The molecular weight excluding hydrogens is 392 g/mol. The van der Waals surface area contributed by atoms with Crippen LogP contribution in [0, 0.1) is 0 Å². The van der Waals surface area contributed by atoms with Gasteiger partial charge in [-0.3, -0.25) is 0 Å². The van der Waals surface area contributed by atoms with E-state index in [1.54, 1.807) is 30.5 Å². The number of aromatic nitrogens is 2. The van der Waals surface area contributed by atoms with Gasteiger partial charge in [-0.1, -0.05) is 42.5 Å². The molecule has 0 saturated heterocycles. The number of carbonyl (C=O) groups is 2. The number of carbonyl (C=O) groups excluding carboxylic acids is 1. The van der Waals surface area contributed by atoms with Crippen LogP contribution in [0.25, 0.3) is 21.8 Å². The minimum Gasteiger partial charge on any atom is -0.478 e. The average Bonchev–Trinajstić information content (AvgIpc) is 3.46. The Kier molecular flexibility index (Phi) is 5.80. The molecule has 0 amide bonds. The summed E-state index contributed by atoms with van der Waals surface area (Å²) in [5, 5.41) is 10.8. The fourth-order valence-corrected chi connectivity index (χ4v) is 3.16. The van der Waals surface area contributed by atoms with Gasteiger partial charge < -0.3 is 19.8 Å². The van der Waals surface area contributed by atoms with E-state index in [-0.39, 0.29) is 5.97 Å². The molecule has 0 atom stereocenters. The largest absolute Gasteiger partial charge is 0.478 e. The molecule has 3 N–H and O–H groups in total. The van der Waals surface area contributed by atoms with Gasteiger partial charge in [-0.25, -0.2) is 9.59 Å². The number of benzene rings is 3. The van der Waals surface area contributed by atoms with E-state index in [0.717, 1.165) is 27.4 Å². The lowest BCUT2D eigenvalue weighted by atomic mass is 10.1. The highest BCUT2D eigenvalue weighted by Gasteiger charge is 2.08. The highest BCUT2D eigenvalue weighted by Crippen LogP contribution is 2.16. The molecule has 0 aliphatic heterocycles. The molecule has 0 aliphatic rings. The van der Waals surface area contributed by atoms with Crippen LogP contribution in [0.2, 0.25) is 0 Å². The number of aromatic amines is 2. The summed E-state index contributed by atoms with van der Waals surface area (Å²) in [6, 6.07) is 24.0. The van der Waals surface area contributed by atoms with Crippen molar-refractivity contribution in [2.75, 3.05) is 0 Å². The topological polar surface area (TPSA) is 95.2 Å². The van der Waals surface area contributed by atoms with Crippen molar-refractivity contribution >= 4 is 33.7 Å². The van der Waals surface area contributed by atoms with Crippen LogP contribution in [0.4, 0.5) is 0 Å². The second kappa shape index (κ2) is 9.00. The number of carboxylic acid groups (broad SMARTS) is 1. The quantitative estimate of drug-likeness (QED) is 0.345. The Morgan fingerprint density at radius 1 is 0.742 bits per heavy atom. The summed E-state index contributed by atoms with van der Waals surface area (Å²) < 4.78 is 5.29. The number of aromatic carboxylic acids is 1. The Labute approximate surface area is 178 Å². The van der Waals surface area contributed by atoms with E-state index in [1.807, 2.05) is 60.8 Å². The first-order valence-electron chi connectivity index (χ1n) is 9.69. The van der Waals surface area contributed by atoms with Crippen molar-refractivity contribution in [3.05, 3.63) is 108 Å². The fourth-order valence-electron chi connectivity index (χ4n) is 3.16. The monoisotopic (exact) mass is 412 g/mol. The summed E-state index contributed by atoms with van der Waals surface area (Å²) in [6.07, 6.45) is 3.64. The number of ether oxygens (including phenoxy) is 1. The van der Waals surface area contributed by atoms with E-state index in [2.05, 4.69) is 9.97 Å². The summed E-state index contributed by atoms with van der Waals surface area (Å²) in [7, 11) is 0. The molecule has 0 spiro atoms. The Hall–Kier alpha value is -4.32. The minimum absolute atomic E-state index is 0.294. The SMILES string of the molecule is O=C(O)c1ccc2cc[nH]c2c1.O=C(OCc1ccccc1)c1ccc2cc[nH]c2c1. The molecule has 5 rings (SSSR count). The number of fused-ring (bicyclic) bond motifs is 2. The molecule has 3 aromatic carbocycles. The summed E-state index contributed by atoms with van der Waals surface area (Å²) in [4.78, 5) is 28.5. The molecule has 2 aromatic heterocycles. The van der Waals surface area contributed by atoms with Gasteiger partial charge in [0.15, 0.2) is 0 Å². The second-order valence-electron chi connectivity index (χ2n) is 6.93. The molecule has 154 valence electrons. The zero-order chi connectivity index (χ0) is 21.6. The highest BCUT2D eigenvalue weighted by atomic mass is 16.5. The molecule has 0 radical (unpaired) electrons. The van der Waals surface area contributed by atoms with Crippen molar-refractivity contribution in [1.29, 1.82) is 0 Å². The van der Waals surface area contributed by atoms with E-state index in [0.29, 0.717) is 17.7 Å². The molecule has 2 heterocycles. The predicted molar refractivity (Wildman–Crippen MR) is 119 cm³/mol. The molecule has 31 heavy (non-hydrogen) atoms. The van der Waals surface area contributed by atoms with Gasteiger partial charge in [-0.2, -0.15) is 0 Å². The van der Waals surface area contributed by atoms with Crippen molar-refractivity contribution in [3.63, 3.8) is 0 Å². The number of hydrogen-bond donors (Lipinski definition) is 3. The molecule has 0 saturated carbocycles. The Morgan fingerprint density at radius 2 is 1.32 bits per heavy atom. The van der Waals surface area contributed by atoms with Crippen LogP contribution >= 0.6 is 0 Å². The lowest BCUT2D eigenvalue weighted by Gasteiger charge is -2.05. The van der Waals surface area contributed by atoms with Gasteiger partial charge in [0.2, 0.25) is 0 Å². The minimum atomic E-state index is -0.897. The van der Waals surface area contributed by atoms with E-state index >= 15 is 0 Å². The van der Waals surface area contributed by atoms with Crippen molar-refractivity contribution in [1.82, 2.24) is 9.97 Å². The number of nitrogens with one attached hydrogen (secondary N) is 2. The van der Waals surface area contributed by atoms with Crippen LogP contribution < -0.4 is 0 Å². The number of H-pyrrole nitrogens is 2. The van der Waals surface area contributed by atoms with Crippen LogP contribution in [-0.2, 0) is 11.3 Å². The second-order valence-corrected chi connectivity index (χ2v) is 6.93. The highest BCUT2D eigenvalue weighted by molar-refractivity contribution is 5.94. The molecular formula is C25H20N2O4. The smallest absolute Gasteiger partial charge is 0.338 e. The normalized spacial score (nSPS) is 10.5. The summed E-state index contributed by atoms with van der Waals surface area (Å²) in [6.45, 7) is 0.294. The standard InChI is InChI=1S/C16H13NO2.C9H7NO2/c18-16(19-11-12-4-2-1-3-5-12)14-7-6-13-8-9-17-15(13)10-14;11-9(12)7-2-1-6-3-4-10-8(6)5-7/h1-10,17H,11H2;1-5,10H,(H,11,12). The third-order valence-corrected chi connectivity index (χ3v) is 4.81. The Bertz CT molecular complexity index is 1340. The lowest BCUT2D eigenvalue weighted by Crippen LogP contribution is -2.05. The van der Waals surface area contributed by atoms with Gasteiger partial charge in [0.05, 0.1) is 11.1 Å². The average molecular weight is 412 g/mol. The molecule has 6 nitrogen and oxygen atoms in total. The summed E-state index contributed by atoms with van der Waals surface area (Å²) in [5.41, 5.74) is 3.65. The summed E-state index contributed by atoms with van der Waals surface area (Å²) in [5.74, 6) is -1.20. The zero-order valence-corrected chi connectivity index (χ0v) is 16.5. The van der Waals surface area contributed by atoms with Crippen molar-refractivity contribution in [2.24, 2.45) is 0 Å². The van der Waals surface area contributed by atoms with Crippen molar-refractivity contribution in [3.8, 4) is 0 Å². The van der Waals surface area contributed by atoms with Crippen LogP contribution in [-0.4, -0.2) is 27.0 Å². The maximum atomic E-state index is 11.9. The van der Waals surface area contributed by atoms with Gasteiger partial charge in [0.1, 0.15) is 6.61 Å². The maximum absolute atomic E-state index is 11.9. The van der Waals surface area contributed by atoms with Gasteiger partial charge in [-0.05, 0) is 52.7 Å². The first-order chi connectivity index (χ1) is 15.1. The third kappa shape index (κ3) is 4.82. The number of carboxylic acids is 1. The third-order valence-electron chi connectivity index (χ3n) is 4.81. The van der Waals surface area contributed by atoms with E-state index in [9.17, 15) is 9.59 Å². The van der Waals surface area contributed by atoms with Crippen LogP contribution in [0.15, 0.2) is 91.3 Å². The zero-order valence-electron chi connectivity index (χ0n) is 16.5. The van der Waals surface area contributed by atoms with Crippen LogP contribution in [0.3, 0.4) is 0 Å². The van der Waals surface area contributed by atoms with Crippen LogP contribution in [0.1, 0.15) is 26.3 Å². The van der Waals surface area contributed by atoms with Gasteiger partial charge >= 0.3 is 11.9 Å². The van der Waals surface area contributed by atoms with Gasteiger partial charge in [0, 0.05) is 23.4 Å². The molecule has 0 fully saturated rings. The first kappa shape index (κ1) is 20.0. The van der Waals surface area contributed by atoms with E-state index < -0.39 is 5.97 Å². The number of hydrogen-bond acceptors (Lipinski definition) is 3. The van der Waals surface area contributed by atoms with Crippen LogP contribution in [0.5, 0.6) is 0 Å². The molecule has 0 unspecified atom stereocenters. The summed E-state index contributed by atoms with van der Waals surface area (Å²) >= 11 is 0. The Morgan fingerprint density at radius 3 is 1.94 bits per heavy atom.